The van der Waals surface area contributed by atoms with Crippen LogP contribution < -0.4 is 5.32 Å². The van der Waals surface area contributed by atoms with E-state index in [1.54, 1.807) is 0 Å². The minimum absolute atomic E-state index is 0.461. The first-order valence-electron chi connectivity index (χ1n) is 6.38. The van der Waals surface area contributed by atoms with Gasteiger partial charge in [-0.3, -0.25) is 0 Å². The van der Waals surface area contributed by atoms with Gasteiger partial charge in [-0.05, 0) is 38.6 Å². The summed E-state index contributed by atoms with van der Waals surface area (Å²) in [6.45, 7) is 3.88. The van der Waals surface area contributed by atoms with E-state index in [0.717, 1.165) is 32.7 Å². The predicted molar refractivity (Wildman–Crippen MR) is 60.1 cm³/mol. The third kappa shape index (κ3) is 4.09. The molecule has 0 aliphatic carbocycles. The molecule has 1 unspecified atom stereocenters. The number of hydrogen-bond acceptors (Lipinski definition) is 3. The van der Waals surface area contributed by atoms with Crippen molar-refractivity contribution in [1.29, 1.82) is 0 Å². The summed E-state index contributed by atoms with van der Waals surface area (Å²) in [4.78, 5) is 0. The molecule has 1 atom stereocenters. The highest BCUT2D eigenvalue weighted by molar-refractivity contribution is 4.72. The Morgan fingerprint density at radius 1 is 1.13 bits per heavy atom. The third-order valence-electron chi connectivity index (χ3n) is 3.40. The maximum Gasteiger partial charge on any atom is 0.0619 e. The Hall–Kier alpha value is -0.120. The van der Waals surface area contributed by atoms with Crippen molar-refractivity contribution in [3.63, 3.8) is 0 Å². The van der Waals surface area contributed by atoms with E-state index in [-0.39, 0.29) is 0 Å². The number of ether oxygens (including phenoxy) is 2. The van der Waals surface area contributed by atoms with E-state index < -0.39 is 0 Å². The van der Waals surface area contributed by atoms with Gasteiger partial charge in [-0.25, -0.2) is 0 Å². The zero-order chi connectivity index (χ0) is 10.3. The number of rotatable bonds is 4. The van der Waals surface area contributed by atoms with Crippen LogP contribution in [0.1, 0.15) is 38.5 Å². The highest BCUT2D eigenvalue weighted by atomic mass is 16.5. The van der Waals surface area contributed by atoms with E-state index in [4.69, 9.17) is 9.47 Å². The molecule has 2 aliphatic rings. The molecular weight excluding hydrogens is 190 g/mol. The second-order valence-corrected chi connectivity index (χ2v) is 4.62. The standard InChI is InChI=1S/C12H23NO2/c1-2-7-13-11(3-1)4-10-15-12-5-8-14-9-6-12/h11-13H,1-10H2. The largest absolute Gasteiger partial charge is 0.381 e. The molecule has 0 amide bonds. The van der Waals surface area contributed by atoms with E-state index in [1.165, 1.54) is 32.2 Å². The van der Waals surface area contributed by atoms with Gasteiger partial charge in [-0.1, -0.05) is 6.42 Å². The van der Waals surface area contributed by atoms with Gasteiger partial charge >= 0.3 is 0 Å². The van der Waals surface area contributed by atoms with E-state index in [9.17, 15) is 0 Å². The summed E-state index contributed by atoms with van der Waals surface area (Å²) in [6, 6.07) is 0.707. The van der Waals surface area contributed by atoms with Crippen LogP contribution in [0, 0.1) is 0 Å². The molecule has 0 aromatic rings. The van der Waals surface area contributed by atoms with Gasteiger partial charge in [0.15, 0.2) is 0 Å². The van der Waals surface area contributed by atoms with Crippen LogP contribution in [-0.4, -0.2) is 38.5 Å². The van der Waals surface area contributed by atoms with Crippen LogP contribution in [0.4, 0.5) is 0 Å². The van der Waals surface area contributed by atoms with Crippen LogP contribution in [0.25, 0.3) is 0 Å². The number of hydrogen-bond donors (Lipinski definition) is 1. The van der Waals surface area contributed by atoms with Gasteiger partial charge in [-0.2, -0.15) is 0 Å². The van der Waals surface area contributed by atoms with Crippen LogP contribution in [0.5, 0.6) is 0 Å². The molecule has 2 fully saturated rings. The molecule has 2 heterocycles. The second kappa shape index (κ2) is 6.46. The fraction of sp³-hybridized carbons (Fsp3) is 1.00. The molecule has 0 radical (unpaired) electrons. The maximum atomic E-state index is 5.87. The first kappa shape index (κ1) is 11.4. The summed E-state index contributed by atoms with van der Waals surface area (Å²) in [5, 5.41) is 3.55. The van der Waals surface area contributed by atoms with Crippen LogP contribution in [0.15, 0.2) is 0 Å². The molecule has 3 nitrogen and oxygen atoms in total. The monoisotopic (exact) mass is 213 g/mol. The topological polar surface area (TPSA) is 30.5 Å². The zero-order valence-corrected chi connectivity index (χ0v) is 9.54. The Balaban J connectivity index is 1.53. The average molecular weight is 213 g/mol. The van der Waals surface area contributed by atoms with Gasteiger partial charge in [0, 0.05) is 25.9 Å². The minimum atomic E-state index is 0.461. The molecule has 0 spiro atoms. The molecule has 88 valence electrons. The summed E-state index contributed by atoms with van der Waals surface area (Å²) in [5.74, 6) is 0. The molecular formula is C12H23NO2. The highest BCUT2D eigenvalue weighted by Crippen LogP contribution is 2.13. The molecule has 0 bridgehead atoms. The molecule has 3 heteroatoms. The molecule has 2 aliphatic heterocycles. The van der Waals surface area contributed by atoms with E-state index in [1.807, 2.05) is 0 Å². The highest BCUT2D eigenvalue weighted by Gasteiger charge is 2.16. The van der Waals surface area contributed by atoms with Crippen LogP contribution in [-0.2, 0) is 9.47 Å². The van der Waals surface area contributed by atoms with Crippen molar-refractivity contribution in [3.8, 4) is 0 Å². The van der Waals surface area contributed by atoms with Crippen LogP contribution >= 0.6 is 0 Å². The summed E-state index contributed by atoms with van der Waals surface area (Å²) >= 11 is 0. The Morgan fingerprint density at radius 3 is 2.73 bits per heavy atom. The van der Waals surface area contributed by atoms with Crippen LogP contribution in [0.3, 0.4) is 0 Å². The molecule has 0 aromatic carbocycles. The van der Waals surface area contributed by atoms with Crippen molar-refractivity contribution in [3.05, 3.63) is 0 Å². The van der Waals surface area contributed by atoms with Crippen molar-refractivity contribution >= 4 is 0 Å². The van der Waals surface area contributed by atoms with Crippen molar-refractivity contribution in [2.24, 2.45) is 0 Å². The zero-order valence-electron chi connectivity index (χ0n) is 9.54. The number of nitrogens with one attached hydrogen (secondary N) is 1. The van der Waals surface area contributed by atoms with E-state index >= 15 is 0 Å². The van der Waals surface area contributed by atoms with Gasteiger partial charge in [-0.15, -0.1) is 0 Å². The molecule has 2 saturated heterocycles. The lowest BCUT2D eigenvalue weighted by molar-refractivity contribution is -0.0343. The number of piperidine rings is 1. The van der Waals surface area contributed by atoms with Crippen LogP contribution in [0.2, 0.25) is 0 Å². The van der Waals surface area contributed by atoms with Crippen molar-refractivity contribution in [2.45, 2.75) is 50.7 Å². The SMILES string of the molecule is C1CCC(CCOC2CCOCC2)NC1. The Labute approximate surface area is 92.5 Å². The Morgan fingerprint density at radius 2 is 2.00 bits per heavy atom. The molecule has 2 rings (SSSR count). The van der Waals surface area contributed by atoms with E-state index in [2.05, 4.69) is 5.32 Å². The lowest BCUT2D eigenvalue weighted by Gasteiger charge is -2.26. The smallest absolute Gasteiger partial charge is 0.0619 e. The van der Waals surface area contributed by atoms with Crippen molar-refractivity contribution in [2.75, 3.05) is 26.4 Å². The summed E-state index contributed by atoms with van der Waals surface area (Å²) < 4.78 is 11.2. The molecule has 0 aromatic heterocycles. The Kier molecular flexibility index (Phi) is 4.90. The summed E-state index contributed by atoms with van der Waals surface area (Å²) in [5.41, 5.74) is 0. The Bertz CT molecular complexity index is 145. The molecule has 1 N–H and O–H groups in total. The fourth-order valence-electron chi connectivity index (χ4n) is 2.39. The first-order chi connectivity index (χ1) is 7.45. The maximum absolute atomic E-state index is 5.87. The normalized spacial score (nSPS) is 29.2. The van der Waals surface area contributed by atoms with Gasteiger partial charge < -0.3 is 14.8 Å². The van der Waals surface area contributed by atoms with Gasteiger partial charge in [0.1, 0.15) is 0 Å². The quantitative estimate of drug-likeness (QED) is 0.771. The fourth-order valence-corrected chi connectivity index (χ4v) is 2.39. The van der Waals surface area contributed by atoms with Gasteiger partial charge in [0.25, 0.3) is 0 Å². The van der Waals surface area contributed by atoms with E-state index in [0.29, 0.717) is 12.1 Å². The minimum Gasteiger partial charge on any atom is -0.381 e. The average Bonchev–Trinajstić information content (AvgIpc) is 2.32. The van der Waals surface area contributed by atoms with Gasteiger partial charge in [0.05, 0.1) is 6.10 Å². The molecule has 15 heavy (non-hydrogen) atoms. The predicted octanol–water partition coefficient (Wildman–Crippen LogP) is 1.71. The van der Waals surface area contributed by atoms with Gasteiger partial charge in [0.2, 0.25) is 0 Å². The van der Waals surface area contributed by atoms with Crippen molar-refractivity contribution < 1.29 is 9.47 Å². The second-order valence-electron chi connectivity index (χ2n) is 4.62. The van der Waals surface area contributed by atoms with Crippen molar-refractivity contribution in [1.82, 2.24) is 5.32 Å². The molecule has 0 saturated carbocycles. The first-order valence-corrected chi connectivity index (χ1v) is 6.38. The third-order valence-corrected chi connectivity index (χ3v) is 3.40. The lowest BCUT2D eigenvalue weighted by atomic mass is 10.0. The summed E-state index contributed by atoms with van der Waals surface area (Å²) in [6.07, 6.45) is 7.86. The summed E-state index contributed by atoms with van der Waals surface area (Å²) in [7, 11) is 0. The lowest BCUT2D eigenvalue weighted by Crippen LogP contribution is -2.35.